The first-order valence-electron chi connectivity index (χ1n) is 4.78. The maximum Gasteiger partial charge on any atom is 0.410 e. The molecule has 2 aromatic rings. The molecule has 5 nitrogen and oxygen atoms in total. The van der Waals surface area contributed by atoms with Gasteiger partial charge in [-0.15, -0.1) is 0 Å². The van der Waals surface area contributed by atoms with Gasteiger partial charge < -0.3 is 9.84 Å². The Hall–Kier alpha value is -1.89. The number of carbonyl (C=O) groups is 1. The number of ether oxygens (including phenoxy) is 1. The third kappa shape index (κ3) is 2.82. The van der Waals surface area contributed by atoms with Gasteiger partial charge in [-0.1, -0.05) is 11.3 Å². The Morgan fingerprint density at radius 2 is 2.41 bits per heavy atom. The number of nitrogens with zero attached hydrogens (tertiary/aromatic N) is 1. The van der Waals surface area contributed by atoms with Crippen molar-refractivity contribution in [1.29, 1.82) is 0 Å². The minimum atomic E-state index is -1.15. The molecule has 0 saturated heterocycles. The Kier molecular flexibility index (Phi) is 3.38. The summed E-state index contributed by atoms with van der Waals surface area (Å²) in [6.45, 7) is -0.545. The Morgan fingerprint density at radius 3 is 3.12 bits per heavy atom. The summed E-state index contributed by atoms with van der Waals surface area (Å²) < 4.78 is 17.8. The van der Waals surface area contributed by atoms with E-state index in [-0.39, 0.29) is 6.61 Å². The standard InChI is InChI=1S/C10H9FN2O3S/c11-3-4-16-6-1-2-7-8(5-6)17-9(12-7)13-10(14)15/h1-2,5H,3-4H2,(H,12,13)(H,14,15). The number of alkyl halides is 1. The number of benzene rings is 1. The number of carboxylic acid groups (broad SMARTS) is 1. The number of aromatic nitrogens is 1. The maximum atomic E-state index is 11.9. The zero-order valence-electron chi connectivity index (χ0n) is 8.64. The van der Waals surface area contributed by atoms with Crippen LogP contribution in [0.15, 0.2) is 18.2 Å². The largest absolute Gasteiger partial charge is 0.491 e. The fourth-order valence-corrected chi connectivity index (χ4v) is 2.18. The van der Waals surface area contributed by atoms with Crippen molar-refractivity contribution >= 4 is 32.8 Å². The lowest BCUT2D eigenvalue weighted by molar-refractivity contribution is 0.210. The highest BCUT2D eigenvalue weighted by Gasteiger charge is 2.07. The number of rotatable bonds is 4. The number of nitrogens with one attached hydrogen (secondary N) is 1. The number of amides is 1. The van der Waals surface area contributed by atoms with Crippen molar-refractivity contribution in [2.24, 2.45) is 0 Å². The first-order valence-corrected chi connectivity index (χ1v) is 5.60. The van der Waals surface area contributed by atoms with E-state index >= 15 is 0 Å². The molecule has 0 bridgehead atoms. The number of anilines is 1. The molecule has 17 heavy (non-hydrogen) atoms. The van der Waals surface area contributed by atoms with Crippen molar-refractivity contribution in [3.05, 3.63) is 18.2 Å². The molecule has 90 valence electrons. The van der Waals surface area contributed by atoms with E-state index in [1.54, 1.807) is 18.2 Å². The van der Waals surface area contributed by atoms with E-state index in [4.69, 9.17) is 9.84 Å². The lowest BCUT2D eigenvalue weighted by Gasteiger charge is -2.01. The van der Waals surface area contributed by atoms with Crippen molar-refractivity contribution in [2.45, 2.75) is 0 Å². The molecule has 0 saturated carbocycles. The van der Waals surface area contributed by atoms with Gasteiger partial charge in [-0.25, -0.2) is 14.2 Å². The van der Waals surface area contributed by atoms with Crippen molar-refractivity contribution in [1.82, 2.24) is 4.98 Å². The SMILES string of the molecule is O=C(O)Nc1nc2ccc(OCCF)cc2s1. The molecule has 0 radical (unpaired) electrons. The van der Waals surface area contributed by atoms with Crippen LogP contribution in [0.25, 0.3) is 10.2 Å². The van der Waals surface area contributed by atoms with Gasteiger partial charge in [0.25, 0.3) is 0 Å². The van der Waals surface area contributed by atoms with E-state index in [9.17, 15) is 9.18 Å². The van der Waals surface area contributed by atoms with Crippen LogP contribution in [0.4, 0.5) is 14.3 Å². The van der Waals surface area contributed by atoms with Crippen LogP contribution >= 0.6 is 11.3 Å². The molecule has 0 aliphatic carbocycles. The Bertz CT molecular complexity index is 543. The predicted molar refractivity (Wildman–Crippen MR) is 62.7 cm³/mol. The summed E-state index contributed by atoms with van der Waals surface area (Å²) in [5.74, 6) is 0.542. The number of fused-ring (bicyclic) bond motifs is 1. The van der Waals surface area contributed by atoms with E-state index in [2.05, 4.69) is 10.3 Å². The van der Waals surface area contributed by atoms with Crippen LogP contribution in [0.2, 0.25) is 0 Å². The monoisotopic (exact) mass is 256 g/mol. The molecular weight excluding hydrogens is 247 g/mol. The molecule has 0 fully saturated rings. The number of thiazole rings is 1. The van der Waals surface area contributed by atoms with Crippen molar-refractivity contribution in [3.8, 4) is 5.75 Å². The summed E-state index contributed by atoms with van der Waals surface area (Å²) in [4.78, 5) is 14.5. The van der Waals surface area contributed by atoms with Crippen LogP contribution in [-0.2, 0) is 0 Å². The molecule has 2 rings (SSSR count). The third-order valence-corrected chi connectivity index (χ3v) is 2.85. The second-order valence-electron chi connectivity index (χ2n) is 3.12. The third-order valence-electron chi connectivity index (χ3n) is 1.92. The first-order chi connectivity index (χ1) is 8.19. The van der Waals surface area contributed by atoms with Gasteiger partial charge in [0.15, 0.2) is 5.13 Å². The van der Waals surface area contributed by atoms with E-state index in [1.807, 2.05) is 0 Å². The normalized spacial score (nSPS) is 10.4. The summed E-state index contributed by atoms with van der Waals surface area (Å²) in [5, 5.41) is 11.0. The summed E-state index contributed by atoms with van der Waals surface area (Å²) in [7, 11) is 0. The van der Waals surface area contributed by atoms with Gasteiger partial charge in [-0.3, -0.25) is 5.32 Å². The fraction of sp³-hybridized carbons (Fsp3) is 0.200. The van der Waals surface area contributed by atoms with E-state index in [1.165, 1.54) is 11.3 Å². The molecule has 1 amide bonds. The summed E-state index contributed by atoms with van der Waals surface area (Å²) in [6, 6.07) is 5.07. The average molecular weight is 256 g/mol. The van der Waals surface area contributed by atoms with E-state index in [0.29, 0.717) is 16.4 Å². The van der Waals surface area contributed by atoms with Gasteiger partial charge in [-0.2, -0.15) is 0 Å². The van der Waals surface area contributed by atoms with Gasteiger partial charge in [0.2, 0.25) is 0 Å². The Labute approximate surface area is 99.9 Å². The lowest BCUT2D eigenvalue weighted by Crippen LogP contribution is -2.06. The molecule has 2 N–H and O–H groups in total. The summed E-state index contributed by atoms with van der Waals surface area (Å²) >= 11 is 1.20. The molecule has 0 unspecified atom stereocenters. The fourth-order valence-electron chi connectivity index (χ4n) is 1.30. The second kappa shape index (κ2) is 4.96. The highest BCUT2D eigenvalue weighted by Crippen LogP contribution is 2.29. The molecule has 1 aromatic heterocycles. The molecule has 0 spiro atoms. The van der Waals surface area contributed by atoms with Crippen molar-refractivity contribution < 1.29 is 19.0 Å². The molecule has 7 heteroatoms. The van der Waals surface area contributed by atoms with Gasteiger partial charge in [-0.05, 0) is 18.2 Å². The molecule has 0 aliphatic rings. The Balaban J connectivity index is 2.24. The average Bonchev–Trinajstić information content (AvgIpc) is 2.66. The van der Waals surface area contributed by atoms with Crippen LogP contribution in [0.1, 0.15) is 0 Å². The van der Waals surface area contributed by atoms with E-state index in [0.717, 1.165) is 4.70 Å². The Morgan fingerprint density at radius 1 is 1.59 bits per heavy atom. The number of hydrogen-bond donors (Lipinski definition) is 2. The smallest absolute Gasteiger partial charge is 0.410 e. The van der Waals surface area contributed by atoms with Crippen molar-refractivity contribution in [3.63, 3.8) is 0 Å². The van der Waals surface area contributed by atoms with Crippen LogP contribution in [-0.4, -0.2) is 29.5 Å². The van der Waals surface area contributed by atoms with Gasteiger partial charge in [0.1, 0.15) is 19.0 Å². The van der Waals surface area contributed by atoms with Crippen molar-refractivity contribution in [2.75, 3.05) is 18.6 Å². The summed E-state index contributed by atoms with van der Waals surface area (Å²) in [6.07, 6.45) is -1.15. The molecular formula is C10H9FN2O3S. The van der Waals surface area contributed by atoms with Gasteiger partial charge >= 0.3 is 6.09 Å². The highest BCUT2D eigenvalue weighted by atomic mass is 32.1. The molecule has 1 heterocycles. The zero-order valence-corrected chi connectivity index (χ0v) is 9.46. The maximum absolute atomic E-state index is 11.9. The predicted octanol–water partition coefficient (Wildman–Crippen LogP) is 2.73. The minimum Gasteiger partial charge on any atom is -0.491 e. The van der Waals surface area contributed by atoms with Crippen LogP contribution < -0.4 is 10.1 Å². The van der Waals surface area contributed by atoms with Gasteiger partial charge in [0, 0.05) is 0 Å². The number of halogens is 1. The van der Waals surface area contributed by atoms with E-state index < -0.39 is 12.8 Å². The molecule has 1 aromatic carbocycles. The van der Waals surface area contributed by atoms with Crippen LogP contribution in [0.3, 0.4) is 0 Å². The van der Waals surface area contributed by atoms with Gasteiger partial charge in [0.05, 0.1) is 10.2 Å². The quantitative estimate of drug-likeness (QED) is 0.882. The van der Waals surface area contributed by atoms with Crippen LogP contribution in [0.5, 0.6) is 5.75 Å². The minimum absolute atomic E-state index is 0.00451. The molecule has 0 aliphatic heterocycles. The highest BCUT2D eigenvalue weighted by molar-refractivity contribution is 7.22. The number of hydrogen-bond acceptors (Lipinski definition) is 4. The lowest BCUT2D eigenvalue weighted by atomic mass is 10.3. The second-order valence-corrected chi connectivity index (χ2v) is 4.15. The topological polar surface area (TPSA) is 71.5 Å². The van der Waals surface area contributed by atoms with Crippen LogP contribution in [0, 0.1) is 0 Å². The summed E-state index contributed by atoms with van der Waals surface area (Å²) in [5.41, 5.74) is 0.673. The first kappa shape index (κ1) is 11.6. The molecule has 0 atom stereocenters. The zero-order chi connectivity index (χ0) is 12.3.